The van der Waals surface area contributed by atoms with E-state index in [1.54, 1.807) is 0 Å². The molecular formula is C17H24OS. The first-order valence-electron chi connectivity index (χ1n) is 7.31. The highest BCUT2D eigenvalue weighted by molar-refractivity contribution is 7.99. The van der Waals surface area contributed by atoms with E-state index >= 15 is 0 Å². The Hall–Kier alpha value is -0.890. The van der Waals surface area contributed by atoms with Gasteiger partial charge in [-0.25, -0.2) is 0 Å². The molecule has 1 unspecified atom stereocenters. The van der Waals surface area contributed by atoms with Crippen molar-refractivity contribution in [2.24, 2.45) is 0 Å². The van der Waals surface area contributed by atoms with E-state index in [9.17, 15) is 0 Å². The highest BCUT2D eigenvalue weighted by Crippen LogP contribution is 2.24. The van der Waals surface area contributed by atoms with E-state index in [1.807, 2.05) is 12.3 Å². The molecule has 0 amide bonds. The van der Waals surface area contributed by atoms with Gasteiger partial charge in [0.15, 0.2) is 0 Å². The SMILES string of the molecule is C/C(=C/OCC1CCCCCCS1)c1ccccc1. The zero-order valence-electron chi connectivity index (χ0n) is 11.8. The van der Waals surface area contributed by atoms with Gasteiger partial charge in [0.1, 0.15) is 0 Å². The van der Waals surface area contributed by atoms with Crippen molar-refractivity contribution in [2.75, 3.05) is 12.4 Å². The lowest BCUT2D eigenvalue weighted by atomic mass is 10.1. The number of hydrogen-bond acceptors (Lipinski definition) is 2. The van der Waals surface area contributed by atoms with Crippen LogP contribution in [0, 0.1) is 0 Å². The molecule has 0 N–H and O–H groups in total. The van der Waals surface area contributed by atoms with E-state index < -0.39 is 0 Å². The Morgan fingerprint density at radius 3 is 2.84 bits per heavy atom. The minimum absolute atomic E-state index is 0.681. The highest BCUT2D eigenvalue weighted by atomic mass is 32.2. The van der Waals surface area contributed by atoms with Gasteiger partial charge in [0.2, 0.25) is 0 Å². The number of rotatable bonds is 4. The van der Waals surface area contributed by atoms with Crippen molar-refractivity contribution in [1.82, 2.24) is 0 Å². The average molecular weight is 276 g/mol. The normalized spacial score (nSPS) is 21.5. The Kier molecular flexibility index (Phi) is 6.35. The van der Waals surface area contributed by atoms with Crippen LogP contribution < -0.4 is 0 Å². The summed E-state index contributed by atoms with van der Waals surface area (Å²) in [6.07, 6.45) is 8.78. The first kappa shape index (κ1) is 14.5. The van der Waals surface area contributed by atoms with Crippen LogP contribution in [0.3, 0.4) is 0 Å². The van der Waals surface area contributed by atoms with E-state index in [-0.39, 0.29) is 0 Å². The smallest absolute Gasteiger partial charge is 0.0991 e. The van der Waals surface area contributed by atoms with Crippen molar-refractivity contribution in [2.45, 2.75) is 44.3 Å². The summed E-state index contributed by atoms with van der Waals surface area (Å²) in [4.78, 5) is 0. The molecule has 0 radical (unpaired) electrons. The molecule has 2 heteroatoms. The molecule has 1 aliphatic heterocycles. The van der Waals surface area contributed by atoms with E-state index in [1.165, 1.54) is 49.0 Å². The summed E-state index contributed by atoms with van der Waals surface area (Å²) in [5, 5.41) is 0.681. The topological polar surface area (TPSA) is 9.23 Å². The molecule has 0 saturated carbocycles. The van der Waals surface area contributed by atoms with Crippen LogP contribution in [0.1, 0.15) is 44.6 Å². The molecule has 1 aromatic rings. The van der Waals surface area contributed by atoms with Gasteiger partial charge in [-0.1, -0.05) is 49.6 Å². The second-order valence-electron chi connectivity index (χ2n) is 5.20. The number of allylic oxidation sites excluding steroid dienone is 1. The molecule has 1 aliphatic rings. The van der Waals surface area contributed by atoms with Crippen molar-refractivity contribution in [3.63, 3.8) is 0 Å². The zero-order chi connectivity index (χ0) is 13.3. The van der Waals surface area contributed by atoms with E-state index in [0.717, 1.165) is 6.61 Å². The van der Waals surface area contributed by atoms with Crippen molar-refractivity contribution < 1.29 is 4.74 Å². The fourth-order valence-electron chi connectivity index (χ4n) is 2.34. The standard InChI is InChI=1S/C17H24OS/c1-15(16-9-5-4-6-10-16)13-18-14-17-11-7-2-3-8-12-19-17/h4-6,9-10,13,17H,2-3,7-8,11-12,14H2,1H3/b15-13-. The quantitative estimate of drug-likeness (QED) is 0.705. The third-order valence-electron chi connectivity index (χ3n) is 3.55. The maximum Gasteiger partial charge on any atom is 0.0991 e. The molecule has 0 aliphatic carbocycles. The molecule has 19 heavy (non-hydrogen) atoms. The lowest BCUT2D eigenvalue weighted by Gasteiger charge is -2.18. The van der Waals surface area contributed by atoms with E-state index in [2.05, 4.69) is 43.0 Å². The molecule has 0 bridgehead atoms. The summed E-state index contributed by atoms with van der Waals surface area (Å²) in [5.41, 5.74) is 2.45. The maximum absolute atomic E-state index is 5.80. The van der Waals surface area contributed by atoms with Gasteiger partial charge in [0.05, 0.1) is 12.9 Å². The van der Waals surface area contributed by atoms with Crippen LogP contribution in [0.4, 0.5) is 0 Å². The van der Waals surface area contributed by atoms with Crippen LogP contribution in [0.15, 0.2) is 36.6 Å². The van der Waals surface area contributed by atoms with Crippen molar-refractivity contribution in [3.05, 3.63) is 42.2 Å². The molecule has 1 saturated heterocycles. The van der Waals surface area contributed by atoms with Crippen LogP contribution >= 0.6 is 11.8 Å². The largest absolute Gasteiger partial charge is 0.500 e. The van der Waals surface area contributed by atoms with Gasteiger partial charge < -0.3 is 4.74 Å². The molecule has 1 aromatic carbocycles. The summed E-state index contributed by atoms with van der Waals surface area (Å²) >= 11 is 2.09. The first-order valence-corrected chi connectivity index (χ1v) is 8.36. The number of ether oxygens (including phenoxy) is 1. The van der Waals surface area contributed by atoms with Crippen molar-refractivity contribution >= 4 is 17.3 Å². The second-order valence-corrected chi connectivity index (χ2v) is 6.60. The summed E-state index contributed by atoms with van der Waals surface area (Å²) in [7, 11) is 0. The van der Waals surface area contributed by atoms with Crippen LogP contribution in [0.25, 0.3) is 5.57 Å². The van der Waals surface area contributed by atoms with Crippen LogP contribution in [-0.4, -0.2) is 17.6 Å². The maximum atomic E-state index is 5.80. The third-order valence-corrected chi connectivity index (χ3v) is 4.91. The Balaban J connectivity index is 1.78. The molecule has 2 rings (SSSR count). The Bertz CT molecular complexity index is 378. The van der Waals surface area contributed by atoms with Gasteiger partial charge in [-0.3, -0.25) is 0 Å². The molecule has 1 fully saturated rings. The molecule has 1 nitrogen and oxygen atoms in total. The number of hydrogen-bond donors (Lipinski definition) is 0. The Morgan fingerprint density at radius 2 is 2.00 bits per heavy atom. The lowest BCUT2D eigenvalue weighted by Crippen LogP contribution is -2.12. The van der Waals surface area contributed by atoms with Gasteiger partial charge in [-0.05, 0) is 36.7 Å². The van der Waals surface area contributed by atoms with E-state index in [4.69, 9.17) is 4.74 Å². The average Bonchev–Trinajstić information content (AvgIpc) is 2.42. The highest BCUT2D eigenvalue weighted by Gasteiger charge is 2.11. The fraction of sp³-hybridized carbons (Fsp3) is 0.529. The number of benzene rings is 1. The van der Waals surface area contributed by atoms with Gasteiger partial charge in [0.25, 0.3) is 0 Å². The van der Waals surface area contributed by atoms with Gasteiger partial charge in [-0.2, -0.15) is 11.8 Å². The Labute approximate surface area is 121 Å². The third kappa shape index (κ3) is 5.32. The molecule has 104 valence electrons. The summed E-state index contributed by atoms with van der Waals surface area (Å²) in [6.45, 7) is 2.97. The molecule has 0 aromatic heterocycles. The molecular weight excluding hydrogens is 252 g/mol. The van der Waals surface area contributed by atoms with Gasteiger partial charge in [0, 0.05) is 5.25 Å². The molecule has 1 atom stereocenters. The van der Waals surface area contributed by atoms with Gasteiger partial charge in [-0.15, -0.1) is 0 Å². The lowest BCUT2D eigenvalue weighted by molar-refractivity contribution is 0.246. The number of thioether (sulfide) groups is 1. The van der Waals surface area contributed by atoms with Gasteiger partial charge >= 0.3 is 0 Å². The van der Waals surface area contributed by atoms with Crippen LogP contribution in [0.5, 0.6) is 0 Å². The minimum Gasteiger partial charge on any atom is -0.500 e. The zero-order valence-corrected chi connectivity index (χ0v) is 12.6. The minimum atomic E-state index is 0.681. The van der Waals surface area contributed by atoms with E-state index in [0.29, 0.717) is 5.25 Å². The fourth-order valence-corrected chi connectivity index (χ4v) is 3.55. The van der Waals surface area contributed by atoms with Crippen molar-refractivity contribution in [3.8, 4) is 0 Å². The second kappa shape index (κ2) is 8.31. The first-order chi connectivity index (χ1) is 9.36. The summed E-state index contributed by atoms with van der Waals surface area (Å²) < 4.78 is 5.80. The predicted molar refractivity (Wildman–Crippen MR) is 85.4 cm³/mol. The summed E-state index contributed by atoms with van der Waals surface area (Å²) in [5.74, 6) is 1.30. The van der Waals surface area contributed by atoms with Crippen LogP contribution in [0.2, 0.25) is 0 Å². The van der Waals surface area contributed by atoms with Crippen LogP contribution in [-0.2, 0) is 4.74 Å². The summed E-state index contributed by atoms with van der Waals surface area (Å²) in [6, 6.07) is 10.4. The Morgan fingerprint density at radius 1 is 1.21 bits per heavy atom. The molecule has 0 spiro atoms. The molecule has 1 heterocycles. The monoisotopic (exact) mass is 276 g/mol. The van der Waals surface area contributed by atoms with Crippen molar-refractivity contribution in [1.29, 1.82) is 0 Å². The predicted octanol–water partition coefficient (Wildman–Crippen LogP) is 5.13.